The first-order valence-corrected chi connectivity index (χ1v) is 3.33. The molecule has 0 aliphatic rings. The third kappa shape index (κ3) is 1.49. The molecule has 0 saturated heterocycles. The molecule has 0 aliphatic heterocycles. The van der Waals surface area contributed by atoms with Crippen molar-refractivity contribution in [2.45, 2.75) is 20.4 Å². The second-order valence-electron chi connectivity index (χ2n) is 2.71. The van der Waals surface area contributed by atoms with Crippen LogP contribution in [-0.2, 0) is 13.6 Å². The Morgan fingerprint density at radius 3 is 2.60 bits per heavy atom. The SMILES string of the molecule is CC(C)Cn1nnn[n+]1C. The van der Waals surface area contributed by atoms with E-state index in [4.69, 9.17) is 0 Å². The van der Waals surface area contributed by atoms with E-state index in [2.05, 4.69) is 29.5 Å². The van der Waals surface area contributed by atoms with Crippen molar-refractivity contribution in [2.24, 2.45) is 13.0 Å². The molecule has 0 aliphatic carbocycles. The van der Waals surface area contributed by atoms with E-state index in [-0.39, 0.29) is 0 Å². The Kier molecular flexibility index (Phi) is 1.94. The molecule has 0 unspecified atom stereocenters. The third-order valence-corrected chi connectivity index (χ3v) is 1.18. The molecule has 0 spiro atoms. The summed E-state index contributed by atoms with van der Waals surface area (Å²) in [4.78, 5) is 3.35. The maximum atomic E-state index is 3.77. The second-order valence-corrected chi connectivity index (χ2v) is 2.71. The lowest BCUT2D eigenvalue weighted by atomic mass is 10.2. The molecular weight excluding hydrogens is 130 g/mol. The molecule has 0 N–H and O–H groups in total. The normalized spacial score (nSPS) is 10.8. The molecule has 0 radical (unpaired) electrons. The summed E-state index contributed by atoms with van der Waals surface area (Å²) in [5, 5.41) is 11.0. The lowest BCUT2D eigenvalue weighted by Gasteiger charge is -1.98. The quantitative estimate of drug-likeness (QED) is 0.505. The average Bonchev–Trinajstić information content (AvgIpc) is 2.15. The van der Waals surface area contributed by atoms with Crippen LogP contribution in [0.4, 0.5) is 0 Å². The van der Waals surface area contributed by atoms with E-state index >= 15 is 0 Å². The summed E-state index contributed by atoms with van der Waals surface area (Å²) < 4.78 is 0. The lowest BCUT2D eigenvalue weighted by Crippen LogP contribution is -2.43. The van der Waals surface area contributed by atoms with Crippen molar-refractivity contribution in [3.8, 4) is 0 Å². The van der Waals surface area contributed by atoms with Gasteiger partial charge in [-0.25, -0.2) is 0 Å². The van der Waals surface area contributed by atoms with Crippen LogP contribution in [0.5, 0.6) is 0 Å². The average molecular weight is 142 g/mol. The number of aromatic nitrogens is 5. The van der Waals surface area contributed by atoms with Crippen LogP contribution in [0, 0.1) is 5.92 Å². The maximum absolute atomic E-state index is 3.77. The second kappa shape index (κ2) is 2.72. The maximum Gasteiger partial charge on any atom is 0.231 e. The van der Waals surface area contributed by atoms with Gasteiger partial charge in [0.15, 0.2) is 0 Å². The molecule has 1 heterocycles. The van der Waals surface area contributed by atoms with Gasteiger partial charge in [-0.3, -0.25) is 0 Å². The minimum atomic E-state index is 0.578. The number of hydrogen-bond acceptors (Lipinski definition) is 3. The molecular formula is C5H12N5+. The van der Waals surface area contributed by atoms with Crippen LogP contribution in [0.3, 0.4) is 0 Å². The van der Waals surface area contributed by atoms with E-state index < -0.39 is 0 Å². The fourth-order valence-corrected chi connectivity index (χ4v) is 0.707. The molecule has 0 fully saturated rings. The van der Waals surface area contributed by atoms with Crippen molar-refractivity contribution in [1.82, 2.24) is 20.4 Å². The zero-order valence-corrected chi connectivity index (χ0v) is 6.52. The highest BCUT2D eigenvalue weighted by Gasteiger charge is 2.07. The van der Waals surface area contributed by atoms with Gasteiger partial charge >= 0.3 is 0 Å². The number of rotatable bonds is 2. The topological polar surface area (TPSA) is 47.5 Å². The summed E-state index contributed by atoms with van der Waals surface area (Å²) in [6.07, 6.45) is 0. The predicted molar refractivity (Wildman–Crippen MR) is 33.8 cm³/mol. The summed E-state index contributed by atoms with van der Waals surface area (Å²) in [6, 6.07) is 0. The molecule has 10 heavy (non-hydrogen) atoms. The Balaban J connectivity index is 2.65. The highest BCUT2D eigenvalue weighted by Crippen LogP contribution is 1.91. The molecule has 1 aromatic heterocycles. The van der Waals surface area contributed by atoms with Crippen LogP contribution in [0.1, 0.15) is 13.8 Å². The van der Waals surface area contributed by atoms with Crippen molar-refractivity contribution in [3.63, 3.8) is 0 Å². The smallest absolute Gasteiger partial charge is 0.0691 e. The summed E-state index contributed by atoms with van der Waals surface area (Å²) in [7, 11) is 1.82. The van der Waals surface area contributed by atoms with Crippen LogP contribution in [0.25, 0.3) is 0 Å². The van der Waals surface area contributed by atoms with E-state index in [9.17, 15) is 0 Å². The van der Waals surface area contributed by atoms with Crippen LogP contribution in [-0.4, -0.2) is 20.4 Å². The van der Waals surface area contributed by atoms with Crippen molar-refractivity contribution < 1.29 is 4.80 Å². The van der Waals surface area contributed by atoms with Gasteiger partial charge in [0.25, 0.3) is 0 Å². The van der Waals surface area contributed by atoms with Gasteiger partial charge in [-0.1, -0.05) is 18.6 Å². The summed E-state index contributed by atoms with van der Waals surface area (Å²) in [5.41, 5.74) is 0. The predicted octanol–water partition coefficient (Wildman–Crippen LogP) is -0.846. The van der Waals surface area contributed by atoms with Gasteiger partial charge in [-0.15, -0.1) is 0 Å². The number of nitrogens with zero attached hydrogens (tertiary/aromatic N) is 5. The van der Waals surface area contributed by atoms with Gasteiger partial charge in [0.1, 0.15) is 12.3 Å². The molecule has 0 saturated carbocycles. The fourth-order valence-electron chi connectivity index (χ4n) is 0.707. The highest BCUT2D eigenvalue weighted by molar-refractivity contribution is 4.35. The minimum absolute atomic E-state index is 0.578. The van der Waals surface area contributed by atoms with Crippen molar-refractivity contribution >= 4 is 0 Å². The summed E-state index contributed by atoms with van der Waals surface area (Å²) in [6.45, 7) is 5.12. The standard InChI is InChI=1S/C5H12N5/c1-5(2)4-10-8-6-7-9(10)3/h5H,4H2,1-3H3/q+1. The first-order chi connectivity index (χ1) is 4.70. The Bertz CT molecular complexity index is 204. The van der Waals surface area contributed by atoms with Crippen molar-refractivity contribution in [1.29, 1.82) is 0 Å². The van der Waals surface area contributed by atoms with E-state index in [1.54, 1.807) is 9.59 Å². The van der Waals surface area contributed by atoms with Gasteiger partial charge in [0.2, 0.25) is 10.4 Å². The van der Waals surface area contributed by atoms with Crippen LogP contribution >= 0.6 is 0 Å². The lowest BCUT2D eigenvalue weighted by molar-refractivity contribution is -0.811. The fraction of sp³-hybridized carbons (Fsp3) is 1.00. The monoisotopic (exact) mass is 142 g/mol. The summed E-state index contributed by atoms with van der Waals surface area (Å²) in [5.74, 6) is 0.578. The third-order valence-electron chi connectivity index (χ3n) is 1.18. The molecule has 0 amide bonds. The van der Waals surface area contributed by atoms with Crippen molar-refractivity contribution in [2.75, 3.05) is 0 Å². The van der Waals surface area contributed by atoms with Gasteiger partial charge in [0, 0.05) is 0 Å². The van der Waals surface area contributed by atoms with Crippen LogP contribution in [0.2, 0.25) is 0 Å². The minimum Gasteiger partial charge on any atom is -0.0691 e. The zero-order valence-electron chi connectivity index (χ0n) is 6.52. The largest absolute Gasteiger partial charge is 0.231 e. The molecule has 5 nitrogen and oxygen atoms in total. The Morgan fingerprint density at radius 2 is 2.20 bits per heavy atom. The van der Waals surface area contributed by atoms with Crippen molar-refractivity contribution in [3.05, 3.63) is 0 Å². The van der Waals surface area contributed by atoms with E-state index in [1.165, 1.54) is 0 Å². The first kappa shape index (κ1) is 7.11. The van der Waals surface area contributed by atoms with E-state index in [1.807, 2.05) is 7.05 Å². The van der Waals surface area contributed by atoms with Crippen LogP contribution in [0.15, 0.2) is 0 Å². The first-order valence-electron chi connectivity index (χ1n) is 3.33. The molecule has 1 aromatic rings. The Labute approximate surface area is 59.6 Å². The number of aryl methyl sites for hydroxylation is 1. The summed E-state index contributed by atoms with van der Waals surface area (Å²) >= 11 is 0. The molecule has 0 bridgehead atoms. The van der Waals surface area contributed by atoms with Crippen LogP contribution < -0.4 is 4.80 Å². The van der Waals surface area contributed by atoms with E-state index in [0.29, 0.717) is 5.92 Å². The molecule has 0 aromatic carbocycles. The Hall–Kier alpha value is -1.00. The zero-order chi connectivity index (χ0) is 7.56. The van der Waals surface area contributed by atoms with Gasteiger partial charge < -0.3 is 0 Å². The molecule has 0 atom stereocenters. The molecule has 56 valence electrons. The van der Waals surface area contributed by atoms with Gasteiger partial charge in [0.05, 0.1) is 6.54 Å². The Morgan fingerprint density at radius 1 is 1.50 bits per heavy atom. The molecule has 5 heteroatoms. The van der Waals surface area contributed by atoms with E-state index in [0.717, 1.165) is 6.54 Å². The number of hydrogen-bond donors (Lipinski definition) is 0. The molecule has 1 rings (SSSR count). The van der Waals surface area contributed by atoms with Gasteiger partial charge in [-0.2, -0.15) is 0 Å². The highest BCUT2D eigenvalue weighted by atomic mass is 15.8. The van der Waals surface area contributed by atoms with Gasteiger partial charge in [-0.05, 0) is 10.7 Å².